The van der Waals surface area contributed by atoms with Crippen molar-refractivity contribution in [2.45, 2.75) is 18.9 Å². The van der Waals surface area contributed by atoms with E-state index in [1.807, 2.05) is 29.9 Å². The fraction of sp³-hybridized carbons (Fsp3) is 0.524. The Kier molecular flexibility index (Phi) is 6.77. The van der Waals surface area contributed by atoms with Crippen molar-refractivity contribution in [1.82, 2.24) is 14.9 Å². The van der Waals surface area contributed by atoms with Gasteiger partial charge in [0.25, 0.3) is 0 Å². The molecular formula is C21H27N5OS. The van der Waals surface area contributed by atoms with E-state index in [9.17, 15) is 0 Å². The second-order valence-electron chi connectivity index (χ2n) is 7.12. The van der Waals surface area contributed by atoms with Gasteiger partial charge in [-0.3, -0.25) is 4.90 Å². The molecule has 4 rings (SSSR count). The van der Waals surface area contributed by atoms with Crippen molar-refractivity contribution in [2.24, 2.45) is 0 Å². The smallest absolute Gasteiger partial charge is 0.185 e. The predicted octanol–water partition coefficient (Wildman–Crippen LogP) is 2.35. The maximum atomic E-state index is 5.96. The number of hydrogen-bond donors (Lipinski definition) is 0. The van der Waals surface area contributed by atoms with Crippen LogP contribution in [0.15, 0.2) is 36.0 Å². The van der Waals surface area contributed by atoms with Crippen molar-refractivity contribution in [3.63, 3.8) is 0 Å². The summed E-state index contributed by atoms with van der Waals surface area (Å²) in [5, 5.41) is 3.16. The zero-order chi connectivity index (χ0) is 19.0. The highest BCUT2D eigenvalue weighted by Crippen LogP contribution is 2.23. The van der Waals surface area contributed by atoms with Gasteiger partial charge in [-0.25, -0.2) is 9.97 Å². The normalized spacial score (nSPS) is 18.7. The fourth-order valence-electron chi connectivity index (χ4n) is 3.64. The summed E-state index contributed by atoms with van der Waals surface area (Å²) >= 11 is 1.71. The van der Waals surface area contributed by atoms with Gasteiger partial charge in [-0.2, -0.15) is 0 Å². The standard InChI is InChI=1S/C21H27N5OS/c1-2-8-22-20(5-1)25-15-13-24(14-16-25)10-3-4-17-27-19-6-11-26(12-7-19)21-23-9-18-28-21/h1-2,5,8-9,18-19H,6-7,10-17H2. The van der Waals surface area contributed by atoms with Gasteiger partial charge >= 0.3 is 0 Å². The van der Waals surface area contributed by atoms with Crippen LogP contribution in [0.4, 0.5) is 10.9 Å². The zero-order valence-electron chi connectivity index (χ0n) is 16.2. The van der Waals surface area contributed by atoms with E-state index in [-0.39, 0.29) is 0 Å². The summed E-state index contributed by atoms with van der Waals surface area (Å²) in [6.45, 7) is 7.47. The van der Waals surface area contributed by atoms with Crippen LogP contribution in [0.3, 0.4) is 0 Å². The topological polar surface area (TPSA) is 44.7 Å². The average Bonchev–Trinajstić information content (AvgIpc) is 3.30. The number of piperazine rings is 1. The number of hydrogen-bond acceptors (Lipinski definition) is 7. The summed E-state index contributed by atoms with van der Waals surface area (Å²) < 4.78 is 5.96. The van der Waals surface area contributed by atoms with Gasteiger partial charge in [0.2, 0.25) is 0 Å². The first-order chi connectivity index (χ1) is 13.9. The van der Waals surface area contributed by atoms with Crippen molar-refractivity contribution in [3.05, 3.63) is 36.0 Å². The van der Waals surface area contributed by atoms with Crippen LogP contribution in [0.5, 0.6) is 0 Å². The van der Waals surface area contributed by atoms with Gasteiger partial charge in [-0.15, -0.1) is 11.3 Å². The second-order valence-corrected chi connectivity index (χ2v) is 7.99. The van der Waals surface area contributed by atoms with E-state index in [1.54, 1.807) is 11.3 Å². The van der Waals surface area contributed by atoms with Crippen molar-refractivity contribution in [2.75, 3.05) is 62.2 Å². The molecule has 0 aromatic carbocycles. The van der Waals surface area contributed by atoms with Crippen LogP contribution in [0, 0.1) is 11.8 Å². The van der Waals surface area contributed by atoms with Crippen molar-refractivity contribution in [3.8, 4) is 11.8 Å². The third kappa shape index (κ3) is 5.22. The minimum absolute atomic E-state index is 0.326. The molecule has 2 aromatic heterocycles. The number of rotatable bonds is 5. The van der Waals surface area contributed by atoms with Crippen molar-refractivity contribution < 1.29 is 4.74 Å². The lowest BCUT2D eigenvalue weighted by atomic mass is 10.1. The zero-order valence-corrected chi connectivity index (χ0v) is 17.0. The summed E-state index contributed by atoms with van der Waals surface area (Å²) in [7, 11) is 0. The Labute approximate surface area is 171 Å². The minimum Gasteiger partial charge on any atom is -0.365 e. The molecule has 0 amide bonds. The Morgan fingerprint density at radius 3 is 2.54 bits per heavy atom. The maximum Gasteiger partial charge on any atom is 0.185 e. The molecule has 0 bridgehead atoms. The molecule has 0 spiro atoms. The van der Waals surface area contributed by atoms with Gasteiger partial charge in [-0.05, 0) is 25.0 Å². The molecule has 2 aliphatic heterocycles. The van der Waals surface area contributed by atoms with Crippen LogP contribution < -0.4 is 9.80 Å². The average molecular weight is 398 g/mol. The number of thiazole rings is 1. The molecule has 2 aromatic rings. The lowest BCUT2D eigenvalue weighted by Gasteiger charge is -2.34. The van der Waals surface area contributed by atoms with E-state index in [4.69, 9.17) is 4.74 Å². The molecule has 0 saturated carbocycles. The quantitative estimate of drug-likeness (QED) is 0.722. The Bertz CT molecular complexity index is 757. The van der Waals surface area contributed by atoms with Crippen LogP contribution >= 0.6 is 11.3 Å². The molecule has 4 heterocycles. The van der Waals surface area contributed by atoms with E-state index in [0.717, 1.165) is 69.6 Å². The lowest BCUT2D eigenvalue weighted by Crippen LogP contribution is -2.46. The molecule has 2 saturated heterocycles. The third-order valence-corrected chi connectivity index (χ3v) is 6.13. The number of anilines is 2. The number of ether oxygens (including phenoxy) is 1. The molecule has 148 valence electrons. The molecule has 0 N–H and O–H groups in total. The van der Waals surface area contributed by atoms with Crippen molar-refractivity contribution >= 4 is 22.3 Å². The van der Waals surface area contributed by atoms with E-state index in [0.29, 0.717) is 12.7 Å². The number of piperidine rings is 1. The van der Waals surface area contributed by atoms with E-state index >= 15 is 0 Å². The second kappa shape index (κ2) is 9.87. The van der Waals surface area contributed by atoms with E-state index < -0.39 is 0 Å². The highest BCUT2D eigenvalue weighted by molar-refractivity contribution is 7.13. The summed E-state index contributed by atoms with van der Waals surface area (Å²) in [6.07, 6.45) is 6.16. The summed E-state index contributed by atoms with van der Waals surface area (Å²) in [5.41, 5.74) is 0. The first-order valence-corrected chi connectivity index (χ1v) is 10.9. The number of pyridine rings is 1. The monoisotopic (exact) mass is 397 g/mol. The summed E-state index contributed by atoms with van der Waals surface area (Å²) in [4.78, 5) is 15.9. The minimum atomic E-state index is 0.326. The first-order valence-electron chi connectivity index (χ1n) is 9.98. The van der Waals surface area contributed by atoms with Crippen LogP contribution in [0.2, 0.25) is 0 Å². The highest BCUT2D eigenvalue weighted by Gasteiger charge is 2.21. The van der Waals surface area contributed by atoms with Crippen LogP contribution in [0.25, 0.3) is 0 Å². The molecule has 2 aliphatic rings. The van der Waals surface area contributed by atoms with Gasteiger partial charge in [0.1, 0.15) is 12.4 Å². The van der Waals surface area contributed by atoms with Gasteiger partial charge < -0.3 is 14.5 Å². The Morgan fingerprint density at radius 2 is 1.82 bits per heavy atom. The van der Waals surface area contributed by atoms with Gasteiger partial charge in [-0.1, -0.05) is 17.9 Å². The lowest BCUT2D eigenvalue weighted by molar-refractivity contribution is 0.0594. The molecule has 2 fully saturated rings. The fourth-order valence-corrected chi connectivity index (χ4v) is 4.34. The van der Waals surface area contributed by atoms with Crippen LogP contribution in [-0.4, -0.2) is 73.4 Å². The summed E-state index contributed by atoms with van der Waals surface area (Å²) in [6, 6.07) is 6.08. The SMILES string of the molecule is C(#CCN1CCN(c2ccccn2)CC1)COC1CCN(c2nccs2)CC1. The molecule has 0 atom stereocenters. The number of aromatic nitrogens is 2. The molecule has 0 aliphatic carbocycles. The predicted molar refractivity (Wildman–Crippen MR) is 114 cm³/mol. The van der Waals surface area contributed by atoms with Gasteiger partial charge in [0, 0.05) is 57.0 Å². The largest absolute Gasteiger partial charge is 0.365 e. The molecular weight excluding hydrogens is 370 g/mol. The molecule has 6 nitrogen and oxygen atoms in total. The Morgan fingerprint density at radius 1 is 0.964 bits per heavy atom. The molecule has 0 unspecified atom stereocenters. The highest BCUT2D eigenvalue weighted by atomic mass is 32.1. The number of nitrogens with zero attached hydrogens (tertiary/aromatic N) is 5. The van der Waals surface area contributed by atoms with E-state index in [2.05, 4.69) is 42.6 Å². The van der Waals surface area contributed by atoms with E-state index in [1.165, 1.54) is 0 Å². The van der Waals surface area contributed by atoms with Crippen LogP contribution in [-0.2, 0) is 4.74 Å². The van der Waals surface area contributed by atoms with Gasteiger partial charge in [0.05, 0.1) is 12.6 Å². The Hall–Kier alpha value is -2.14. The maximum absolute atomic E-state index is 5.96. The van der Waals surface area contributed by atoms with Crippen LogP contribution in [0.1, 0.15) is 12.8 Å². The molecule has 0 radical (unpaired) electrons. The molecule has 28 heavy (non-hydrogen) atoms. The van der Waals surface area contributed by atoms with Crippen molar-refractivity contribution in [1.29, 1.82) is 0 Å². The van der Waals surface area contributed by atoms with Gasteiger partial charge in [0.15, 0.2) is 5.13 Å². The molecule has 7 heteroatoms. The third-order valence-electron chi connectivity index (χ3n) is 5.30. The first kappa shape index (κ1) is 19.2. The Balaban J connectivity index is 1.10. The summed E-state index contributed by atoms with van der Waals surface area (Å²) in [5.74, 6) is 7.55.